The molecule has 1 heterocycles. The molecular formula is C31H36N8O. The molecule has 1 saturated carbocycles. The molecule has 5 N–H and O–H groups in total. The van der Waals surface area contributed by atoms with Gasteiger partial charge in [0.05, 0.1) is 34.1 Å². The molecule has 0 bridgehead atoms. The van der Waals surface area contributed by atoms with E-state index in [0.29, 0.717) is 51.7 Å². The van der Waals surface area contributed by atoms with Crippen LogP contribution in [-0.2, 0) is 4.79 Å². The predicted octanol–water partition coefficient (Wildman–Crippen LogP) is 5.12. The van der Waals surface area contributed by atoms with Gasteiger partial charge in [0.1, 0.15) is 12.1 Å². The zero-order valence-corrected chi connectivity index (χ0v) is 23.7. The summed E-state index contributed by atoms with van der Waals surface area (Å²) in [5.41, 5.74) is 11.4. The van der Waals surface area contributed by atoms with Crippen LogP contribution in [0.5, 0.6) is 0 Å². The minimum atomic E-state index is -0.464. The quantitative estimate of drug-likeness (QED) is 0.295. The van der Waals surface area contributed by atoms with Gasteiger partial charge in [0.25, 0.3) is 0 Å². The molecule has 1 fully saturated rings. The number of carbonyl (C=O) groups is 1. The van der Waals surface area contributed by atoms with Gasteiger partial charge in [0.2, 0.25) is 5.91 Å². The molecule has 1 amide bonds. The van der Waals surface area contributed by atoms with Gasteiger partial charge >= 0.3 is 0 Å². The van der Waals surface area contributed by atoms with Crippen molar-refractivity contribution in [2.75, 3.05) is 29.1 Å². The summed E-state index contributed by atoms with van der Waals surface area (Å²) in [5.74, 6) is -0.0788. The molecule has 4 rings (SSSR count). The maximum Gasteiger partial charge on any atom is 0.223 e. The van der Waals surface area contributed by atoms with Gasteiger partial charge in [-0.2, -0.15) is 10.5 Å². The van der Waals surface area contributed by atoms with Crippen molar-refractivity contribution >= 4 is 33.9 Å². The first kappa shape index (κ1) is 28.3. The SMILES string of the molecule is CC(=O)N(C)c1cccc(C(Nc2cc(C#N)c3ncc(C#N)c(NCC(C)(C)C)c3c2)/C(N)=C/NC2CC2)c1. The Hall–Kier alpha value is -4.76. The lowest BCUT2D eigenvalue weighted by Crippen LogP contribution is -2.24. The predicted molar refractivity (Wildman–Crippen MR) is 159 cm³/mol. The lowest BCUT2D eigenvalue weighted by atomic mass is 9.96. The average molecular weight is 537 g/mol. The zero-order valence-electron chi connectivity index (χ0n) is 23.7. The lowest BCUT2D eigenvalue weighted by Gasteiger charge is -2.24. The monoisotopic (exact) mass is 536 g/mol. The van der Waals surface area contributed by atoms with Crippen molar-refractivity contribution in [2.45, 2.75) is 52.6 Å². The summed E-state index contributed by atoms with van der Waals surface area (Å²) in [7, 11) is 1.73. The van der Waals surface area contributed by atoms with Crippen molar-refractivity contribution in [2.24, 2.45) is 11.1 Å². The van der Waals surface area contributed by atoms with Gasteiger partial charge in [0, 0.05) is 55.7 Å². The summed E-state index contributed by atoms with van der Waals surface area (Å²) in [4.78, 5) is 18.1. The molecule has 1 atom stereocenters. The number of nitriles is 2. The highest BCUT2D eigenvalue weighted by Gasteiger charge is 2.22. The van der Waals surface area contributed by atoms with Crippen LogP contribution >= 0.6 is 0 Å². The molecule has 9 nitrogen and oxygen atoms in total. The van der Waals surface area contributed by atoms with Gasteiger partial charge in [-0.25, -0.2) is 0 Å². The van der Waals surface area contributed by atoms with Crippen molar-refractivity contribution in [1.29, 1.82) is 10.5 Å². The second-order valence-electron chi connectivity index (χ2n) is 11.4. The third kappa shape index (κ3) is 6.62. The summed E-state index contributed by atoms with van der Waals surface area (Å²) in [5, 5.41) is 30.8. The van der Waals surface area contributed by atoms with Crippen LogP contribution in [0.1, 0.15) is 63.3 Å². The van der Waals surface area contributed by atoms with Crippen molar-refractivity contribution < 1.29 is 4.79 Å². The summed E-state index contributed by atoms with van der Waals surface area (Å²) in [6.07, 6.45) is 5.55. The molecule has 1 unspecified atom stereocenters. The van der Waals surface area contributed by atoms with Crippen LogP contribution in [0, 0.1) is 28.1 Å². The number of carbonyl (C=O) groups excluding carboxylic acids is 1. The van der Waals surface area contributed by atoms with E-state index in [1.807, 2.05) is 36.5 Å². The highest BCUT2D eigenvalue weighted by Crippen LogP contribution is 2.34. The number of hydrogen-bond acceptors (Lipinski definition) is 8. The van der Waals surface area contributed by atoms with Gasteiger partial charge in [-0.3, -0.25) is 9.78 Å². The second kappa shape index (κ2) is 11.5. The fraction of sp³-hybridized carbons (Fsp3) is 0.355. The van der Waals surface area contributed by atoms with E-state index < -0.39 is 6.04 Å². The number of hydrogen-bond donors (Lipinski definition) is 4. The van der Waals surface area contributed by atoms with Crippen LogP contribution in [0.4, 0.5) is 17.1 Å². The lowest BCUT2D eigenvalue weighted by molar-refractivity contribution is -0.116. The van der Waals surface area contributed by atoms with Gasteiger partial charge < -0.3 is 26.6 Å². The number of nitrogens with two attached hydrogens (primary N) is 1. The van der Waals surface area contributed by atoms with Crippen LogP contribution < -0.4 is 26.6 Å². The summed E-state index contributed by atoms with van der Waals surface area (Å²) in [6, 6.07) is 15.7. The zero-order chi connectivity index (χ0) is 29.0. The number of benzene rings is 2. The Kier molecular flexibility index (Phi) is 8.16. The number of fused-ring (bicyclic) bond motifs is 1. The molecule has 1 aliphatic carbocycles. The number of amides is 1. The minimum Gasteiger partial charge on any atom is -0.399 e. The van der Waals surface area contributed by atoms with Crippen molar-refractivity contribution in [1.82, 2.24) is 10.3 Å². The molecule has 9 heteroatoms. The molecule has 0 radical (unpaired) electrons. The minimum absolute atomic E-state index is 0.0345. The third-order valence-corrected chi connectivity index (χ3v) is 6.78. The van der Waals surface area contributed by atoms with Crippen LogP contribution in [0.2, 0.25) is 0 Å². The average Bonchev–Trinajstić information content (AvgIpc) is 3.76. The van der Waals surface area contributed by atoms with Crippen molar-refractivity contribution in [3.63, 3.8) is 0 Å². The number of anilines is 3. The van der Waals surface area contributed by atoms with E-state index in [-0.39, 0.29) is 11.3 Å². The molecule has 1 aromatic heterocycles. The maximum absolute atomic E-state index is 12.0. The second-order valence-corrected chi connectivity index (χ2v) is 11.4. The normalized spacial score (nSPS) is 14.1. The van der Waals surface area contributed by atoms with Gasteiger partial charge in [-0.05, 0) is 48.1 Å². The highest BCUT2D eigenvalue weighted by molar-refractivity contribution is 5.99. The summed E-state index contributed by atoms with van der Waals surface area (Å²) >= 11 is 0. The smallest absolute Gasteiger partial charge is 0.223 e. The van der Waals surface area contributed by atoms with E-state index in [9.17, 15) is 15.3 Å². The Balaban J connectivity index is 1.81. The van der Waals surface area contributed by atoms with Gasteiger partial charge in [0.15, 0.2) is 0 Å². The number of nitrogens with zero attached hydrogens (tertiary/aromatic N) is 4. The van der Waals surface area contributed by atoms with Crippen molar-refractivity contribution in [3.8, 4) is 12.1 Å². The van der Waals surface area contributed by atoms with E-state index in [0.717, 1.165) is 24.1 Å². The topological polar surface area (TPSA) is 143 Å². The fourth-order valence-corrected chi connectivity index (χ4v) is 4.27. The molecule has 1 aliphatic rings. The standard InChI is InChI=1S/C31H36N8O/c1-19(40)39(5)25-8-6-7-20(12-25)30(27(34)17-35-23-9-10-23)38-24-11-21(14-32)28-26(13-24)29(22(15-33)16-36-28)37-18-31(2,3)4/h6-8,11-13,16-17,23,30,35,38H,9-10,18,34H2,1-5H3,(H,36,37)/b27-17-. The molecule has 0 aliphatic heterocycles. The third-order valence-electron chi connectivity index (χ3n) is 6.78. The van der Waals surface area contributed by atoms with E-state index >= 15 is 0 Å². The Morgan fingerprint density at radius 1 is 1.20 bits per heavy atom. The Morgan fingerprint density at radius 2 is 1.93 bits per heavy atom. The fourth-order valence-electron chi connectivity index (χ4n) is 4.27. The number of nitrogens with one attached hydrogen (secondary N) is 3. The Bertz CT molecular complexity index is 1540. The highest BCUT2D eigenvalue weighted by atomic mass is 16.2. The number of rotatable bonds is 9. The van der Waals surface area contributed by atoms with Crippen LogP contribution in [0.25, 0.3) is 10.9 Å². The first-order valence-electron chi connectivity index (χ1n) is 13.3. The van der Waals surface area contributed by atoms with E-state index in [2.05, 4.69) is 53.8 Å². The number of pyridine rings is 1. The summed E-state index contributed by atoms with van der Waals surface area (Å²) < 4.78 is 0. The molecule has 40 heavy (non-hydrogen) atoms. The summed E-state index contributed by atoms with van der Waals surface area (Å²) in [6.45, 7) is 8.47. The maximum atomic E-state index is 12.0. The molecule has 0 spiro atoms. The Morgan fingerprint density at radius 3 is 2.55 bits per heavy atom. The van der Waals surface area contributed by atoms with Gasteiger partial charge in [-0.1, -0.05) is 32.9 Å². The first-order chi connectivity index (χ1) is 19.0. The molecular weight excluding hydrogens is 500 g/mol. The molecule has 3 aromatic rings. The molecule has 2 aromatic carbocycles. The van der Waals surface area contributed by atoms with Crippen LogP contribution in [-0.4, -0.2) is 30.5 Å². The van der Waals surface area contributed by atoms with E-state index in [4.69, 9.17) is 5.73 Å². The van der Waals surface area contributed by atoms with Crippen LogP contribution in [0.3, 0.4) is 0 Å². The first-order valence-corrected chi connectivity index (χ1v) is 13.3. The van der Waals surface area contributed by atoms with Crippen molar-refractivity contribution in [3.05, 3.63) is 71.2 Å². The van der Waals surface area contributed by atoms with Crippen LogP contribution in [0.15, 0.2) is 54.5 Å². The molecule has 206 valence electrons. The largest absolute Gasteiger partial charge is 0.399 e. The van der Waals surface area contributed by atoms with Gasteiger partial charge in [-0.15, -0.1) is 0 Å². The molecule has 0 saturated heterocycles. The van der Waals surface area contributed by atoms with E-state index in [1.54, 1.807) is 18.0 Å². The van der Waals surface area contributed by atoms with E-state index in [1.165, 1.54) is 13.1 Å². The Labute approximate surface area is 235 Å². The number of aromatic nitrogens is 1.